The Hall–Kier alpha value is -2.49. The fourth-order valence-electron chi connectivity index (χ4n) is 2.40. The van der Waals surface area contributed by atoms with Gasteiger partial charge in [0.2, 0.25) is 0 Å². The van der Waals surface area contributed by atoms with E-state index < -0.39 is 0 Å². The fourth-order valence-corrected chi connectivity index (χ4v) is 2.40. The zero-order chi connectivity index (χ0) is 14.1. The molecule has 2 aromatic heterocycles. The van der Waals surface area contributed by atoms with Crippen molar-refractivity contribution in [3.05, 3.63) is 47.3 Å². The summed E-state index contributed by atoms with van der Waals surface area (Å²) in [5, 5.41) is 0.832. The van der Waals surface area contributed by atoms with E-state index in [4.69, 9.17) is 0 Å². The van der Waals surface area contributed by atoms with Gasteiger partial charge in [-0.1, -0.05) is 30.7 Å². The molecule has 3 rings (SSSR count). The normalized spacial score (nSPS) is 10.9. The summed E-state index contributed by atoms with van der Waals surface area (Å²) in [7, 11) is 0. The minimum absolute atomic E-state index is 0.618. The molecule has 0 radical (unpaired) electrons. The molecule has 0 atom stereocenters. The summed E-state index contributed by atoms with van der Waals surface area (Å²) in [5.74, 6) is 0.692. The summed E-state index contributed by atoms with van der Waals surface area (Å²) in [6.07, 6.45) is 3.29. The molecule has 3 aromatic rings. The highest BCUT2D eigenvalue weighted by atomic mass is 16.1. The molecule has 1 N–H and O–H groups in total. The first-order valence-electron chi connectivity index (χ1n) is 6.63. The van der Waals surface area contributed by atoms with Crippen molar-refractivity contribution in [2.75, 3.05) is 0 Å². The van der Waals surface area contributed by atoms with Gasteiger partial charge < -0.3 is 4.98 Å². The second-order valence-electron chi connectivity index (χ2n) is 4.80. The van der Waals surface area contributed by atoms with E-state index in [-0.39, 0.29) is 0 Å². The number of benzene rings is 1. The largest absolute Gasteiger partial charge is 0.345 e. The molecule has 0 amide bonds. The summed E-state index contributed by atoms with van der Waals surface area (Å²) in [5.41, 5.74) is 4.39. The molecule has 0 spiro atoms. The second kappa shape index (κ2) is 4.89. The highest BCUT2D eigenvalue weighted by Gasteiger charge is 2.13. The molecular formula is C16H15N3O. The zero-order valence-electron chi connectivity index (χ0n) is 11.5. The smallest absolute Gasteiger partial charge is 0.161 e. The Labute approximate surface area is 116 Å². The number of carbonyl (C=O) groups is 1. The monoisotopic (exact) mass is 265 g/mol. The third-order valence-corrected chi connectivity index (χ3v) is 3.38. The van der Waals surface area contributed by atoms with Gasteiger partial charge in [-0.25, -0.2) is 9.97 Å². The number of fused-ring (bicyclic) bond motifs is 1. The van der Waals surface area contributed by atoms with Crippen LogP contribution < -0.4 is 0 Å². The number of aromatic amines is 1. The predicted octanol–water partition coefficient (Wildman–Crippen LogP) is 3.31. The number of carbonyl (C=O) groups excluding carboxylic acids is 1. The van der Waals surface area contributed by atoms with Crippen molar-refractivity contribution in [1.29, 1.82) is 0 Å². The van der Waals surface area contributed by atoms with Crippen LogP contribution in [0.5, 0.6) is 0 Å². The van der Waals surface area contributed by atoms with Crippen LogP contribution in [0, 0.1) is 6.92 Å². The van der Waals surface area contributed by atoms with E-state index in [0.29, 0.717) is 11.4 Å². The molecule has 4 nitrogen and oxygen atoms in total. The summed E-state index contributed by atoms with van der Waals surface area (Å²) >= 11 is 0. The first kappa shape index (κ1) is 12.5. The number of aldehydes is 1. The Morgan fingerprint density at radius 3 is 2.85 bits per heavy atom. The number of aromatic nitrogens is 3. The molecule has 0 bridgehead atoms. The first-order valence-corrected chi connectivity index (χ1v) is 6.63. The van der Waals surface area contributed by atoms with Gasteiger partial charge in [0, 0.05) is 17.3 Å². The van der Waals surface area contributed by atoms with Crippen LogP contribution in [0.4, 0.5) is 0 Å². The van der Waals surface area contributed by atoms with Crippen molar-refractivity contribution < 1.29 is 4.79 Å². The standard InChI is InChI=1S/C16H15N3O/c1-3-13-14-12(9-20)8-17-16(14)19-15(18-13)11-6-4-5-10(2)7-11/h4-9H,3H2,1-2H3,(H,17,18,19). The quantitative estimate of drug-likeness (QED) is 0.739. The van der Waals surface area contributed by atoms with Gasteiger partial charge in [0.25, 0.3) is 0 Å². The van der Waals surface area contributed by atoms with Crippen molar-refractivity contribution in [3.63, 3.8) is 0 Å². The number of nitrogens with zero attached hydrogens (tertiary/aromatic N) is 2. The zero-order valence-corrected chi connectivity index (χ0v) is 11.5. The van der Waals surface area contributed by atoms with Crippen LogP contribution in [-0.4, -0.2) is 21.2 Å². The lowest BCUT2D eigenvalue weighted by Gasteiger charge is -2.05. The van der Waals surface area contributed by atoms with Crippen LogP contribution in [0.3, 0.4) is 0 Å². The molecule has 20 heavy (non-hydrogen) atoms. The maximum atomic E-state index is 11.1. The topological polar surface area (TPSA) is 58.6 Å². The molecule has 2 heterocycles. The van der Waals surface area contributed by atoms with E-state index in [1.807, 2.05) is 32.0 Å². The van der Waals surface area contributed by atoms with Crippen LogP contribution in [0.15, 0.2) is 30.5 Å². The summed E-state index contributed by atoms with van der Waals surface area (Å²) in [4.78, 5) is 23.3. The molecule has 0 fully saturated rings. The van der Waals surface area contributed by atoms with Crippen LogP contribution >= 0.6 is 0 Å². The molecule has 1 aromatic carbocycles. The Balaban J connectivity index is 2.26. The average Bonchev–Trinajstić information content (AvgIpc) is 2.89. The number of hydrogen-bond donors (Lipinski definition) is 1. The molecule has 100 valence electrons. The van der Waals surface area contributed by atoms with E-state index in [0.717, 1.165) is 35.0 Å². The van der Waals surface area contributed by atoms with E-state index in [9.17, 15) is 4.79 Å². The van der Waals surface area contributed by atoms with Crippen LogP contribution in [0.25, 0.3) is 22.4 Å². The Morgan fingerprint density at radius 1 is 1.30 bits per heavy atom. The predicted molar refractivity (Wildman–Crippen MR) is 78.8 cm³/mol. The van der Waals surface area contributed by atoms with Gasteiger partial charge in [-0.2, -0.15) is 0 Å². The molecule has 4 heteroatoms. The SMILES string of the molecule is CCc1nc(-c2cccc(C)c2)nc2[nH]cc(C=O)c12. The maximum absolute atomic E-state index is 11.1. The van der Waals surface area contributed by atoms with Crippen molar-refractivity contribution in [1.82, 2.24) is 15.0 Å². The highest BCUT2D eigenvalue weighted by Crippen LogP contribution is 2.24. The minimum Gasteiger partial charge on any atom is -0.345 e. The lowest BCUT2D eigenvalue weighted by atomic mass is 10.1. The molecule has 0 aliphatic rings. The summed E-state index contributed by atoms with van der Waals surface area (Å²) in [6.45, 7) is 4.07. The number of H-pyrrole nitrogens is 1. The third kappa shape index (κ3) is 1.99. The van der Waals surface area contributed by atoms with E-state index in [2.05, 4.69) is 21.0 Å². The Morgan fingerprint density at radius 2 is 2.15 bits per heavy atom. The lowest BCUT2D eigenvalue weighted by Crippen LogP contribution is -1.97. The number of nitrogens with one attached hydrogen (secondary N) is 1. The molecular weight excluding hydrogens is 250 g/mol. The molecule has 0 unspecified atom stereocenters. The van der Waals surface area contributed by atoms with Gasteiger partial charge in [-0.3, -0.25) is 4.79 Å². The molecule has 0 saturated carbocycles. The Bertz CT molecular complexity index is 790. The van der Waals surface area contributed by atoms with Gasteiger partial charge in [-0.05, 0) is 19.4 Å². The maximum Gasteiger partial charge on any atom is 0.161 e. The minimum atomic E-state index is 0.618. The number of aryl methyl sites for hydroxylation is 2. The van der Waals surface area contributed by atoms with Crippen molar-refractivity contribution >= 4 is 17.3 Å². The van der Waals surface area contributed by atoms with Gasteiger partial charge >= 0.3 is 0 Å². The van der Waals surface area contributed by atoms with Crippen LogP contribution in [0.1, 0.15) is 28.5 Å². The van der Waals surface area contributed by atoms with Crippen molar-refractivity contribution in [2.45, 2.75) is 20.3 Å². The van der Waals surface area contributed by atoms with Crippen LogP contribution in [0.2, 0.25) is 0 Å². The number of rotatable bonds is 3. The van der Waals surface area contributed by atoms with Gasteiger partial charge in [-0.15, -0.1) is 0 Å². The lowest BCUT2D eigenvalue weighted by molar-refractivity contribution is 0.112. The van der Waals surface area contributed by atoms with E-state index in [1.165, 1.54) is 5.56 Å². The fraction of sp³-hybridized carbons (Fsp3) is 0.188. The summed E-state index contributed by atoms with van der Waals surface area (Å²) < 4.78 is 0. The molecule has 0 aliphatic heterocycles. The molecule has 0 aliphatic carbocycles. The second-order valence-corrected chi connectivity index (χ2v) is 4.80. The summed E-state index contributed by atoms with van der Waals surface area (Å²) in [6, 6.07) is 8.10. The van der Waals surface area contributed by atoms with Crippen molar-refractivity contribution in [2.24, 2.45) is 0 Å². The number of hydrogen-bond acceptors (Lipinski definition) is 3. The molecule has 0 saturated heterocycles. The van der Waals surface area contributed by atoms with Gasteiger partial charge in [0.15, 0.2) is 12.1 Å². The van der Waals surface area contributed by atoms with Crippen molar-refractivity contribution in [3.8, 4) is 11.4 Å². The van der Waals surface area contributed by atoms with E-state index >= 15 is 0 Å². The third-order valence-electron chi connectivity index (χ3n) is 3.38. The van der Waals surface area contributed by atoms with E-state index in [1.54, 1.807) is 6.20 Å². The Kier molecular flexibility index (Phi) is 3.06. The highest BCUT2D eigenvalue weighted by molar-refractivity contribution is 5.97. The average molecular weight is 265 g/mol. The van der Waals surface area contributed by atoms with Gasteiger partial charge in [0.05, 0.1) is 11.1 Å². The van der Waals surface area contributed by atoms with Crippen LogP contribution in [-0.2, 0) is 6.42 Å². The first-order chi connectivity index (χ1) is 9.72. The van der Waals surface area contributed by atoms with Gasteiger partial charge in [0.1, 0.15) is 5.65 Å².